The molecule has 1 heterocycles. The van der Waals surface area contributed by atoms with E-state index < -0.39 is 36.8 Å². The van der Waals surface area contributed by atoms with E-state index in [2.05, 4.69) is 9.97 Å². The molecule has 1 amide bonds. The summed E-state index contributed by atoms with van der Waals surface area (Å²) in [6.07, 6.45) is -0.892. The molecular formula is C15H18BNO7. The van der Waals surface area contributed by atoms with Gasteiger partial charge in [0.25, 0.3) is 0 Å². The van der Waals surface area contributed by atoms with Crippen LogP contribution >= 0.6 is 0 Å². The first-order valence-electron chi connectivity index (χ1n) is 7.31. The monoisotopic (exact) mass is 335 g/mol. The predicted octanol–water partition coefficient (Wildman–Crippen LogP) is 0.0649. The molecule has 0 aromatic heterocycles. The number of carboxylic acid groups (broad SMARTS) is 1. The summed E-state index contributed by atoms with van der Waals surface area (Å²) < 4.78 is 9.71. The summed E-state index contributed by atoms with van der Waals surface area (Å²) in [6.45, 7) is 5.00. The Morgan fingerprint density at radius 3 is 2.62 bits per heavy atom. The quantitative estimate of drug-likeness (QED) is 0.665. The van der Waals surface area contributed by atoms with Crippen LogP contribution in [0.2, 0.25) is 0 Å². The fourth-order valence-corrected chi connectivity index (χ4v) is 2.24. The average Bonchev–Trinajstić information content (AvgIpc) is 2.71. The summed E-state index contributed by atoms with van der Waals surface area (Å²) in [6, 6.07) is 3.28. The normalized spacial score (nSPS) is 14.7. The van der Waals surface area contributed by atoms with Gasteiger partial charge in [0.15, 0.2) is 0 Å². The lowest BCUT2D eigenvalue weighted by atomic mass is 9.79. The first kappa shape index (κ1) is 17.8. The van der Waals surface area contributed by atoms with E-state index in [1.54, 1.807) is 26.8 Å². The molecule has 128 valence electrons. The summed E-state index contributed by atoms with van der Waals surface area (Å²) >= 11 is 0. The van der Waals surface area contributed by atoms with Gasteiger partial charge in [0.2, 0.25) is 0 Å². The number of alkyl carbamates (subject to hydrolysis) is 1. The van der Waals surface area contributed by atoms with E-state index in [0.717, 1.165) is 0 Å². The summed E-state index contributed by atoms with van der Waals surface area (Å²) in [5.74, 6) is -1.91. The largest absolute Gasteiger partial charge is 0.563 e. The number of carbonyl (C=O) groups is 3. The van der Waals surface area contributed by atoms with E-state index in [0.29, 0.717) is 11.0 Å². The van der Waals surface area contributed by atoms with E-state index in [1.807, 2.05) is 0 Å². The lowest BCUT2D eigenvalue weighted by Crippen LogP contribution is -2.44. The van der Waals surface area contributed by atoms with Gasteiger partial charge in [-0.15, -0.1) is 0 Å². The highest BCUT2D eigenvalue weighted by Gasteiger charge is 2.35. The number of hydrogen-bond acceptors (Lipinski definition) is 6. The number of ether oxygens (including phenoxy) is 1. The van der Waals surface area contributed by atoms with Crippen molar-refractivity contribution in [1.29, 1.82) is 0 Å². The molecule has 0 unspecified atom stereocenters. The molecule has 0 fully saturated rings. The van der Waals surface area contributed by atoms with Gasteiger partial charge in [-0.2, -0.15) is 0 Å². The minimum atomic E-state index is -1.31. The Morgan fingerprint density at radius 2 is 2.04 bits per heavy atom. The van der Waals surface area contributed by atoms with Gasteiger partial charge in [-0.3, -0.25) is 0 Å². The molecule has 0 aliphatic carbocycles. The average molecular weight is 335 g/mol. The van der Waals surface area contributed by atoms with Crippen LogP contribution in [-0.2, 0) is 20.6 Å². The summed E-state index contributed by atoms with van der Waals surface area (Å²) in [4.78, 5) is 34.7. The van der Waals surface area contributed by atoms with Crippen LogP contribution in [0.4, 0.5) is 4.79 Å². The number of hydrogen-bond donors (Lipinski definition) is 3. The maximum Gasteiger partial charge on any atom is 0.563 e. The summed E-state index contributed by atoms with van der Waals surface area (Å²) in [5, 5.41) is 21.1. The minimum absolute atomic E-state index is 0.0504. The molecule has 0 bridgehead atoms. The Balaban J connectivity index is 2.12. The number of nitrogens with one attached hydrogen (secondary N) is 1. The van der Waals surface area contributed by atoms with Crippen LogP contribution < -0.4 is 10.8 Å². The molecule has 0 saturated carbocycles. The second-order valence-electron chi connectivity index (χ2n) is 6.42. The summed E-state index contributed by atoms with van der Waals surface area (Å²) in [7, 11) is -1.31. The molecule has 2 rings (SSSR count). The van der Waals surface area contributed by atoms with Crippen LogP contribution in [0.3, 0.4) is 0 Å². The van der Waals surface area contributed by atoms with E-state index >= 15 is 0 Å². The van der Waals surface area contributed by atoms with Gasteiger partial charge in [0, 0.05) is 11.9 Å². The second-order valence-corrected chi connectivity index (χ2v) is 6.42. The predicted molar refractivity (Wildman–Crippen MR) is 84.0 cm³/mol. The number of carbonyl (C=O) groups excluding carboxylic acids is 2. The molecule has 1 atom stereocenters. The standard InChI is InChI=1S/C15H18BNO7/c1-15(2,3)23-14(21)17-11(12(18)19)7-8-4-5-10-9(6-8)13(20)24-16(10)22/h4-6,11,22H,7H2,1-3H3,(H,17,21)(H,18,19)/t11-/m0/s1. The molecule has 0 spiro atoms. The number of amides is 1. The fourth-order valence-electron chi connectivity index (χ4n) is 2.24. The van der Waals surface area contributed by atoms with E-state index in [1.165, 1.54) is 12.1 Å². The highest BCUT2D eigenvalue weighted by atomic mass is 16.6. The van der Waals surface area contributed by atoms with Gasteiger partial charge < -0.3 is 24.8 Å². The van der Waals surface area contributed by atoms with Gasteiger partial charge in [-0.1, -0.05) is 12.1 Å². The van der Waals surface area contributed by atoms with Crippen molar-refractivity contribution in [3.63, 3.8) is 0 Å². The number of rotatable bonds is 4. The molecule has 0 radical (unpaired) electrons. The number of carboxylic acids is 1. The molecule has 9 heteroatoms. The number of aliphatic carboxylic acids is 1. The SMILES string of the molecule is CC(C)(C)OC(=O)N[C@@H](Cc1ccc2c(c1)C(=O)OB2O)C(=O)O. The topological polar surface area (TPSA) is 122 Å². The molecule has 8 nitrogen and oxygen atoms in total. The Hall–Kier alpha value is -2.55. The van der Waals surface area contributed by atoms with Crippen LogP contribution in [0, 0.1) is 0 Å². The third kappa shape index (κ3) is 4.26. The fraction of sp³-hybridized carbons (Fsp3) is 0.400. The highest BCUT2D eigenvalue weighted by molar-refractivity contribution is 6.66. The van der Waals surface area contributed by atoms with Crippen molar-refractivity contribution in [2.24, 2.45) is 0 Å². The van der Waals surface area contributed by atoms with Crippen LogP contribution in [0.5, 0.6) is 0 Å². The van der Waals surface area contributed by atoms with Crippen LogP contribution in [0.15, 0.2) is 18.2 Å². The molecule has 0 saturated heterocycles. The first-order chi connectivity index (χ1) is 11.1. The zero-order valence-corrected chi connectivity index (χ0v) is 13.5. The molecule has 1 aliphatic rings. The maximum atomic E-state index is 11.7. The van der Waals surface area contributed by atoms with Crippen LogP contribution in [0.25, 0.3) is 0 Å². The molecule has 1 aliphatic heterocycles. The smallest absolute Gasteiger partial charge is 0.502 e. The zero-order valence-electron chi connectivity index (χ0n) is 13.5. The van der Waals surface area contributed by atoms with Crippen molar-refractivity contribution < 1.29 is 33.9 Å². The third-order valence-corrected chi connectivity index (χ3v) is 3.25. The van der Waals surface area contributed by atoms with E-state index in [9.17, 15) is 24.5 Å². The Kier molecular flexibility index (Phi) is 4.84. The first-order valence-corrected chi connectivity index (χ1v) is 7.31. The molecule has 1 aromatic carbocycles. The Bertz CT molecular complexity index is 683. The van der Waals surface area contributed by atoms with E-state index in [4.69, 9.17) is 4.74 Å². The van der Waals surface area contributed by atoms with Gasteiger partial charge >= 0.3 is 25.2 Å². The van der Waals surface area contributed by atoms with Crippen molar-refractivity contribution in [3.8, 4) is 0 Å². The molecule has 24 heavy (non-hydrogen) atoms. The Morgan fingerprint density at radius 1 is 1.38 bits per heavy atom. The number of benzene rings is 1. The number of fused-ring (bicyclic) bond motifs is 1. The Labute approximate surface area is 138 Å². The second kappa shape index (κ2) is 6.52. The van der Waals surface area contributed by atoms with Crippen LogP contribution in [-0.4, -0.2) is 46.9 Å². The maximum absolute atomic E-state index is 11.7. The van der Waals surface area contributed by atoms with Crippen molar-refractivity contribution in [2.45, 2.75) is 38.8 Å². The third-order valence-electron chi connectivity index (χ3n) is 3.25. The lowest BCUT2D eigenvalue weighted by Gasteiger charge is -2.22. The zero-order chi connectivity index (χ0) is 18.1. The van der Waals surface area contributed by atoms with Crippen LogP contribution in [0.1, 0.15) is 36.7 Å². The van der Waals surface area contributed by atoms with Gasteiger partial charge in [0.05, 0.1) is 5.56 Å². The van der Waals surface area contributed by atoms with Gasteiger partial charge in [0.1, 0.15) is 11.6 Å². The minimum Gasteiger partial charge on any atom is -0.502 e. The molecule has 3 N–H and O–H groups in total. The van der Waals surface area contributed by atoms with Gasteiger partial charge in [-0.25, -0.2) is 14.4 Å². The van der Waals surface area contributed by atoms with Crippen molar-refractivity contribution in [1.82, 2.24) is 5.32 Å². The molecular weight excluding hydrogens is 317 g/mol. The summed E-state index contributed by atoms with van der Waals surface area (Å²) in [5.41, 5.74) is 0.265. The highest BCUT2D eigenvalue weighted by Crippen LogP contribution is 2.14. The van der Waals surface area contributed by atoms with Crippen molar-refractivity contribution >= 4 is 30.6 Å². The molecule has 1 aromatic rings. The van der Waals surface area contributed by atoms with Crippen molar-refractivity contribution in [3.05, 3.63) is 29.3 Å². The van der Waals surface area contributed by atoms with Crippen molar-refractivity contribution in [2.75, 3.05) is 0 Å². The lowest BCUT2D eigenvalue weighted by molar-refractivity contribution is -0.139. The van der Waals surface area contributed by atoms with Gasteiger partial charge in [-0.05, 0) is 32.4 Å². The van der Waals surface area contributed by atoms with E-state index in [-0.39, 0.29) is 12.0 Å².